The Morgan fingerprint density at radius 1 is 1.08 bits per heavy atom. The van der Waals surface area contributed by atoms with E-state index in [1.165, 1.54) is 38.5 Å². The SMILES string of the molecule is CCN=C(NC1CC1C1CCCCC1)N1CCN(C(C)=O)CC1.I. The van der Waals surface area contributed by atoms with Gasteiger partial charge in [-0.2, -0.15) is 0 Å². The first-order chi connectivity index (χ1) is 11.2. The van der Waals surface area contributed by atoms with E-state index in [1.807, 2.05) is 4.90 Å². The van der Waals surface area contributed by atoms with Gasteiger partial charge in [0.15, 0.2) is 5.96 Å². The van der Waals surface area contributed by atoms with Crippen molar-refractivity contribution in [1.82, 2.24) is 15.1 Å². The highest BCUT2D eigenvalue weighted by molar-refractivity contribution is 14.0. The number of carbonyl (C=O) groups excluding carboxylic acids is 1. The third-order valence-electron chi connectivity index (χ3n) is 5.74. The molecule has 2 aliphatic carbocycles. The average Bonchev–Trinajstić information content (AvgIpc) is 3.35. The second-order valence-electron chi connectivity index (χ2n) is 7.34. The summed E-state index contributed by atoms with van der Waals surface area (Å²) in [6.07, 6.45) is 8.47. The summed E-state index contributed by atoms with van der Waals surface area (Å²) in [5.74, 6) is 3.07. The highest BCUT2D eigenvalue weighted by atomic mass is 127. The van der Waals surface area contributed by atoms with Crippen LogP contribution in [0.1, 0.15) is 52.4 Å². The topological polar surface area (TPSA) is 47.9 Å². The minimum Gasteiger partial charge on any atom is -0.353 e. The van der Waals surface area contributed by atoms with Crippen LogP contribution in [-0.2, 0) is 4.79 Å². The summed E-state index contributed by atoms with van der Waals surface area (Å²) in [7, 11) is 0. The molecular weight excluding hydrogens is 415 g/mol. The molecule has 0 spiro atoms. The molecule has 6 heteroatoms. The maximum Gasteiger partial charge on any atom is 0.219 e. The fraction of sp³-hybridized carbons (Fsp3) is 0.889. The molecule has 138 valence electrons. The molecule has 24 heavy (non-hydrogen) atoms. The van der Waals surface area contributed by atoms with Crippen molar-refractivity contribution >= 4 is 35.8 Å². The van der Waals surface area contributed by atoms with Crippen LogP contribution in [0.4, 0.5) is 0 Å². The zero-order valence-corrected chi connectivity index (χ0v) is 17.5. The molecule has 3 aliphatic rings. The number of halogens is 1. The van der Waals surface area contributed by atoms with Crippen LogP contribution in [0.3, 0.4) is 0 Å². The van der Waals surface area contributed by atoms with Gasteiger partial charge in [0.1, 0.15) is 0 Å². The normalized spacial score (nSPS) is 28.3. The molecule has 1 N–H and O–H groups in total. The van der Waals surface area contributed by atoms with E-state index >= 15 is 0 Å². The highest BCUT2D eigenvalue weighted by Gasteiger charge is 2.43. The van der Waals surface area contributed by atoms with Crippen molar-refractivity contribution in [2.45, 2.75) is 58.4 Å². The van der Waals surface area contributed by atoms with Crippen molar-refractivity contribution in [3.05, 3.63) is 0 Å². The Labute approximate surface area is 163 Å². The highest BCUT2D eigenvalue weighted by Crippen LogP contribution is 2.44. The first-order valence-corrected chi connectivity index (χ1v) is 9.50. The largest absolute Gasteiger partial charge is 0.353 e. The van der Waals surface area contributed by atoms with Gasteiger partial charge in [-0.15, -0.1) is 24.0 Å². The van der Waals surface area contributed by atoms with Gasteiger partial charge in [-0.3, -0.25) is 9.79 Å². The molecule has 2 unspecified atom stereocenters. The van der Waals surface area contributed by atoms with E-state index < -0.39 is 0 Å². The molecular formula is C18H33IN4O. The van der Waals surface area contributed by atoms with E-state index in [2.05, 4.69) is 17.1 Å². The van der Waals surface area contributed by atoms with E-state index in [-0.39, 0.29) is 29.9 Å². The molecule has 0 aromatic heterocycles. The lowest BCUT2D eigenvalue weighted by Gasteiger charge is -2.36. The summed E-state index contributed by atoms with van der Waals surface area (Å²) in [6, 6.07) is 0.634. The third-order valence-corrected chi connectivity index (χ3v) is 5.74. The first kappa shape index (κ1) is 19.8. The number of amides is 1. The molecule has 0 radical (unpaired) electrons. The molecule has 3 rings (SSSR count). The molecule has 2 saturated carbocycles. The van der Waals surface area contributed by atoms with E-state index in [0.717, 1.165) is 50.5 Å². The van der Waals surface area contributed by atoms with E-state index in [9.17, 15) is 4.79 Å². The Bertz CT molecular complexity index is 442. The standard InChI is InChI=1S/C18H32N4O.HI/c1-3-19-18(22-11-9-21(10-12-22)14(2)23)20-17-13-16(17)15-7-5-4-6-8-15;/h15-17H,3-13H2,1-2H3,(H,19,20);1H. The molecule has 0 bridgehead atoms. The lowest BCUT2D eigenvalue weighted by Crippen LogP contribution is -2.54. The maximum atomic E-state index is 11.5. The number of nitrogens with zero attached hydrogens (tertiary/aromatic N) is 3. The van der Waals surface area contributed by atoms with Gasteiger partial charge in [0.05, 0.1) is 0 Å². The number of hydrogen-bond acceptors (Lipinski definition) is 2. The smallest absolute Gasteiger partial charge is 0.219 e. The summed E-state index contributed by atoms with van der Waals surface area (Å²) in [4.78, 5) is 20.4. The minimum atomic E-state index is 0. The lowest BCUT2D eigenvalue weighted by molar-refractivity contribution is -0.130. The van der Waals surface area contributed by atoms with E-state index in [1.54, 1.807) is 6.92 Å². The summed E-state index contributed by atoms with van der Waals surface area (Å²) in [5, 5.41) is 3.73. The quantitative estimate of drug-likeness (QED) is 0.411. The second kappa shape index (κ2) is 9.25. The Hall–Kier alpha value is -0.530. The molecule has 1 heterocycles. The molecule has 2 atom stereocenters. The minimum absolute atomic E-state index is 0. The van der Waals surface area contributed by atoms with Crippen LogP contribution in [0, 0.1) is 11.8 Å². The third kappa shape index (κ3) is 4.99. The monoisotopic (exact) mass is 448 g/mol. The second-order valence-corrected chi connectivity index (χ2v) is 7.34. The van der Waals surface area contributed by atoms with Gasteiger partial charge in [-0.25, -0.2) is 0 Å². The summed E-state index contributed by atoms with van der Waals surface area (Å²) >= 11 is 0. The summed E-state index contributed by atoms with van der Waals surface area (Å²) in [5.41, 5.74) is 0. The molecule has 0 aromatic carbocycles. The summed E-state index contributed by atoms with van der Waals surface area (Å²) < 4.78 is 0. The van der Waals surface area contributed by atoms with E-state index in [4.69, 9.17) is 4.99 Å². The van der Waals surface area contributed by atoms with Gasteiger partial charge >= 0.3 is 0 Å². The Balaban J connectivity index is 0.00000208. The van der Waals surface area contributed by atoms with Crippen molar-refractivity contribution in [2.75, 3.05) is 32.7 Å². The van der Waals surface area contributed by atoms with Gasteiger partial charge in [-0.05, 0) is 25.2 Å². The molecule has 1 saturated heterocycles. The van der Waals surface area contributed by atoms with Gasteiger partial charge in [-0.1, -0.05) is 32.1 Å². The predicted molar refractivity (Wildman–Crippen MR) is 109 cm³/mol. The van der Waals surface area contributed by atoms with Gasteiger partial charge < -0.3 is 15.1 Å². The number of aliphatic imine (C=N–C) groups is 1. The van der Waals surface area contributed by atoms with Crippen LogP contribution in [0.25, 0.3) is 0 Å². The Kier molecular flexibility index (Phi) is 7.62. The summed E-state index contributed by atoms with van der Waals surface area (Å²) in [6.45, 7) is 7.99. The number of guanidine groups is 1. The van der Waals surface area contributed by atoms with Crippen molar-refractivity contribution in [3.8, 4) is 0 Å². The number of piperazine rings is 1. The van der Waals surface area contributed by atoms with Gasteiger partial charge in [0, 0.05) is 45.7 Å². The Morgan fingerprint density at radius 2 is 1.71 bits per heavy atom. The molecule has 1 amide bonds. The average molecular weight is 448 g/mol. The zero-order valence-electron chi connectivity index (χ0n) is 15.2. The maximum absolute atomic E-state index is 11.5. The Morgan fingerprint density at radius 3 is 2.29 bits per heavy atom. The number of hydrogen-bond donors (Lipinski definition) is 1. The number of rotatable bonds is 3. The zero-order chi connectivity index (χ0) is 16.2. The molecule has 1 aliphatic heterocycles. The molecule has 0 aromatic rings. The van der Waals surface area contributed by atoms with Crippen molar-refractivity contribution in [2.24, 2.45) is 16.8 Å². The van der Waals surface area contributed by atoms with Crippen molar-refractivity contribution in [1.29, 1.82) is 0 Å². The van der Waals surface area contributed by atoms with Crippen LogP contribution < -0.4 is 5.32 Å². The van der Waals surface area contributed by atoms with Crippen LogP contribution >= 0.6 is 24.0 Å². The van der Waals surface area contributed by atoms with Gasteiger partial charge in [0.2, 0.25) is 5.91 Å². The van der Waals surface area contributed by atoms with E-state index in [0.29, 0.717) is 6.04 Å². The first-order valence-electron chi connectivity index (χ1n) is 9.50. The van der Waals surface area contributed by atoms with Gasteiger partial charge in [0.25, 0.3) is 0 Å². The van der Waals surface area contributed by atoms with Crippen LogP contribution in [0.5, 0.6) is 0 Å². The number of nitrogens with one attached hydrogen (secondary N) is 1. The van der Waals surface area contributed by atoms with Crippen molar-refractivity contribution < 1.29 is 4.79 Å². The van der Waals surface area contributed by atoms with Crippen molar-refractivity contribution in [3.63, 3.8) is 0 Å². The lowest BCUT2D eigenvalue weighted by atomic mass is 9.85. The molecule has 3 fully saturated rings. The van der Waals surface area contributed by atoms with Crippen LogP contribution in [-0.4, -0.2) is 60.4 Å². The van der Waals surface area contributed by atoms with Crippen LogP contribution in [0.15, 0.2) is 4.99 Å². The molecule has 5 nitrogen and oxygen atoms in total. The predicted octanol–water partition coefficient (Wildman–Crippen LogP) is 2.70. The fourth-order valence-corrected chi connectivity index (χ4v) is 4.25. The number of carbonyl (C=O) groups is 1. The fourth-order valence-electron chi connectivity index (χ4n) is 4.25. The van der Waals surface area contributed by atoms with Crippen LogP contribution in [0.2, 0.25) is 0 Å².